The van der Waals surface area contributed by atoms with Gasteiger partial charge in [-0.25, -0.2) is 8.42 Å². The molecule has 2 aliphatic rings. The van der Waals surface area contributed by atoms with Gasteiger partial charge >= 0.3 is 0 Å². The number of likely N-dealkylation sites (tertiary alicyclic amines) is 2. The molecule has 0 aliphatic carbocycles. The Bertz CT molecular complexity index is 1220. The fourth-order valence-electron chi connectivity index (χ4n) is 4.95. The first-order valence-electron chi connectivity index (χ1n) is 11.8. The van der Waals surface area contributed by atoms with Gasteiger partial charge in [-0.05, 0) is 61.2 Å². The Morgan fingerprint density at radius 1 is 1.14 bits per heavy atom. The van der Waals surface area contributed by atoms with Crippen molar-refractivity contribution in [3.8, 4) is 0 Å². The highest BCUT2D eigenvalue weighted by molar-refractivity contribution is 7.89. The molecule has 3 N–H and O–H groups in total. The molecule has 11 heteroatoms. The quantitative estimate of drug-likeness (QED) is 0.509. The smallest absolute Gasteiger partial charge is 0.241 e. The van der Waals surface area contributed by atoms with Gasteiger partial charge in [-0.15, -0.1) is 0 Å². The van der Waals surface area contributed by atoms with Gasteiger partial charge in [-0.1, -0.05) is 23.7 Å². The molecule has 35 heavy (non-hydrogen) atoms. The third-order valence-electron chi connectivity index (χ3n) is 6.78. The predicted octanol–water partition coefficient (Wildman–Crippen LogP) is 1.68. The number of hydrogen-bond donors (Lipinski definition) is 3. The third kappa shape index (κ3) is 5.78. The van der Waals surface area contributed by atoms with Crippen molar-refractivity contribution in [2.45, 2.75) is 62.4 Å². The summed E-state index contributed by atoms with van der Waals surface area (Å²) in [6, 6.07) is 8.46. The predicted molar refractivity (Wildman–Crippen MR) is 133 cm³/mol. The van der Waals surface area contributed by atoms with Crippen molar-refractivity contribution in [2.24, 2.45) is 0 Å². The lowest BCUT2D eigenvalue weighted by Crippen LogP contribution is -2.57. The number of carbonyl (C=O) groups excluding carboxylic acids is 2. The minimum atomic E-state index is -3.93. The van der Waals surface area contributed by atoms with Crippen molar-refractivity contribution in [1.82, 2.24) is 19.8 Å². The molecule has 2 aromatic carbocycles. The van der Waals surface area contributed by atoms with Crippen LogP contribution in [0, 0.1) is 0 Å². The Balaban J connectivity index is 1.41. The van der Waals surface area contributed by atoms with Crippen LogP contribution in [0.25, 0.3) is 10.8 Å². The topological polar surface area (TPSA) is 119 Å². The number of hydrogen-bond acceptors (Lipinski definition) is 6. The van der Waals surface area contributed by atoms with E-state index >= 15 is 0 Å². The Morgan fingerprint density at radius 2 is 1.86 bits per heavy atom. The molecule has 2 heterocycles. The number of amides is 2. The third-order valence-corrected chi connectivity index (χ3v) is 8.48. The fourth-order valence-corrected chi connectivity index (χ4v) is 6.39. The van der Waals surface area contributed by atoms with Gasteiger partial charge in [0.05, 0.1) is 10.9 Å². The zero-order chi connectivity index (χ0) is 25.3. The van der Waals surface area contributed by atoms with Crippen LogP contribution in [0.5, 0.6) is 0 Å². The highest BCUT2D eigenvalue weighted by Gasteiger charge is 2.40. The van der Waals surface area contributed by atoms with Crippen LogP contribution in [0.4, 0.5) is 0 Å². The fraction of sp³-hybridized carbons (Fsp3) is 0.500. The van der Waals surface area contributed by atoms with E-state index in [0.29, 0.717) is 31.1 Å². The van der Waals surface area contributed by atoms with Crippen molar-refractivity contribution in [1.29, 1.82) is 0 Å². The number of sulfonamides is 1. The summed E-state index contributed by atoms with van der Waals surface area (Å²) in [5, 5.41) is 16.0. The molecule has 0 radical (unpaired) electrons. The van der Waals surface area contributed by atoms with Crippen LogP contribution in [0.15, 0.2) is 41.3 Å². The maximum atomic E-state index is 13.1. The van der Waals surface area contributed by atoms with E-state index in [0.717, 1.165) is 23.6 Å². The normalized spacial score (nSPS) is 23.4. The first kappa shape index (κ1) is 25.8. The zero-order valence-electron chi connectivity index (χ0n) is 19.8. The van der Waals surface area contributed by atoms with Crippen molar-refractivity contribution in [2.75, 3.05) is 19.6 Å². The molecule has 2 aliphatic heterocycles. The van der Waals surface area contributed by atoms with Gasteiger partial charge in [-0.2, -0.15) is 4.72 Å². The van der Waals surface area contributed by atoms with Crippen molar-refractivity contribution in [3.05, 3.63) is 41.4 Å². The lowest BCUT2D eigenvalue weighted by atomic mass is 10.0. The number of nitrogens with zero attached hydrogens (tertiary/aromatic N) is 2. The molecule has 4 unspecified atom stereocenters. The van der Waals surface area contributed by atoms with Crippen molar-refractivity contribution in [3.63, 3.8) is 0 Å². The first-order chi connectivity index (χ1) is 16.5. The molecule has 4 atom stereocenters. The van der Waals surface area contributed by atoms with Crippen molar-refractivity contribution < 1.29 is 23.1 Å². The SMILES string of the molecule is CC(=O)NC1CCCN(C(O)C(C)N2CCC(NS(=O)(=O)c3ccc4cc(Cl)ccc4c3)C2=O)C1. The Kier molecular flexibility index (Phi) is 7.68. The largest absolute Gasteiger partial charge is 0.376 e. The number of rotatable bonds is 7. The second-order valence-corrected chi connectivity index (χ2v) is 11.5. The highest BCUT2D eigenvalue weighted by atomic mass is 35.5. The zero-order valence-corrected chi connectivity index (χ0v) is 21.3. The first-order valence-corrected chi connectivity index (χ1v) is 13.6. The molecule has 2 saturated heterocycles. The van der Waals surface area contributed by atoms with E-state index in [-0.39, 0.29) is 22.8 Å². The molecule has 190 valence electrons. The van der Waals surface area contributed by atoms with Crippen LogP contribution >= 0.6 is 11.6 Å². The summed E-state index contributed by atoms with van der Waals surface area (Å²) >= 11 is 6.01. The highest BCUT2D eigenvalue weighted by Crippen LogP contribution is 2.25. The Hall–Kier alpha value is -2.24. The number of carbonyl (C=O) groups is 2. The monoisotopic (exact) mass is 522 g/mol. The summed E-state index contributed by atoms with van der Waals surface area (Å²) < 4.78 is 28.6. The summed E-state index contributed by atoms with van der Waals surface area (Å²) in [6.07, 6.45) is 1.06. The van der Waals surface area contributed by atoms with Gasteiger partial charge in [0.1, 0.15) is 12.3 Å². The van der Waals surface area contributed by atoms with Crippen LogP contribution in [-0.4, -0.2) is 79.1 Å². The Labute approximate surface area is 210 Å². The van der Waals surface area contributed by atoms with E-state index in [1.165, 1.54) is 17.9 Å². The molecule has 0 spiro atoms. The molecule has 0 saturated carbocycles. The molecule has 0 aromatic heterocycles. The average molecular weight is 523 g/mol. The maximum Gasteiger partial charge on any atom is 0.241 e. The molecule has 2 aromatic rings. The summed E-state index contributed by atoms with van der Waals surface area (Å²) in [5.74, 6) is -0.470. The van der Waals surface area contributed by atoms with Crippen LogP contribution < -0.4 is 10.0 Å². The van der Waals surface area contributed by atoms with Gasteiger partial charge in [-0.3, -0.25) is 14.5 Å². The summed E-state index contributed by atoms with van der Waals surface area (Å²) in [6.45, 7) is 4.72. The van der Waals surface area contributed by atoms with Crippen LogP contribution in [0.3, 0.4) is 0 Å². The molecular formula is C24H31ClN4O5S. The number of aliphatic hydroxyl groups excluding tert-OH is 1. The van der Waals surface area contributed by atoms with Gasteiger partial charge in [0.15, 0.2) is 0 Å². The van der Waals surface area contributed by atoms with Crippen molar-refractivity contribution >= 4 is 44.2 Å². The number of nitrogens with one attached hydrogen (secondary N) is 2. The van der Waals surface area contributed by atoms with Crippen LogP contribution in [0.2, 0.25) is 5.02 Å². The molecule has 0 bridgehead atoms. The van der Waals surface area contributed by atoms with E-state index in [2.05, 4.69) is 10.0 Å². The number of halogens is 1. The summed E-state index contributed by atoms with van der Waals surface area (Å²) in [7, 11) is -3.93. The van der Waals surface area contributed by atoms with E-state index < -0.39 is 28.3 Å². The van der Waals surface area contributed by atoms with Gasteiger partial charge in [0.2, 0.25) is 21.8 Å². The van der Waals surface area contributed by atoms with Crippen LogP contribution in [-0.2, 0) is 19.6 Å². The lowest BCUT2D eigenvalue weighted by molar-refractivity contribution is -0.137. The van der Waals surface area contributed by atoms with Crippen LogP contribution in [0.1, 0.15) is 33.1 Å². The maximum absolute atomic E-state index is 13.1. The number of fused-ring (bicyclic) bond motifs is 1. The number of piperidine rings is 1. The average Bonchev–Trinajstić information content (AvgIpc) is 3.16. The number of benzene rings is 2. The summed E-state index contributed by atoms with van der Waals surface area (Å²) in [4.78, 5) is 28.0. The van der Waals surface area contributed by atoms with E-state index in [1.807, 2.05) is 4.90 Å². The minimum Gasteiger partial charge on any atom is -0.376 e. The molecular weight excluding hydrogens is 492 g/mol. The standard InChI is InChI=1S/C24H31ClN4O5S/c1-15(23(31)28-10-3-4-20(14-28)26-16(2)30)29-11-9-22(24(29)32)27-35(33,34)21-8-6-17-12-19(25)7-5-18(17)13-21/h5-8,12-13,15,20,22-23,27,31H,3-4,9-11,14H2,1-2H3,(H,26,30). The molecule has 2 amide bonds. The molecule has 4 rings (SSSR count). The van der Waals surface area contributed by atoms with Gasteiger partial charge in [0.25, 0.3) is 0 Å². The van der Waals surface area contributed by atoms with E-state index in [4.69, 9.17) is 11.6 Å². The Morgan fingerprint density at radius 3 is 2.60 bits per heavy atom. The second-order valence-electron chi connectivity index (χ2n) is 9.34. The van der Waals surface area contributed by atoms with Gasteiger partial charge in [0, 0.05) is 37.6 Å². The van der Waals surface area contributed by atoms with E-state index in [9.17, 15) is 23.1 Å². The minimum absolute atomic E-state index is 0.0464. The summed E-state index contributed by atoms with van der Waals surface area (Å²) in [5.41, 5.74) is 0. The lowest BCUT2D eigenvalue weighted by Gasteiger charge is -2.40. The van der Waals surface area contributed by atoms with Gasteiger partial charge < -0.3 is 15.3 Å². The second kappa shape index (κ2) is 10.4. The molecule has 2 fully saturated rings. The molecule has 9 nitrogen and oxygen atoms in total. The number of aliphatic hydroxyl groups is 1. The van der Waals surface area contributed by atoms with E-state index in [1.54, 1.807) is 37.3 Å².